The molecule has 4 nitrogen and oxygen atoms in total. The summed E-state index contributed by atoms with van der Waals surface area (Å²) >= 11 is 0. The number of ketones is 1. The number of carbonyl (C=O) groups is 1. The highest BCUT2D eigenvalue weighted by Crippen LogP contribution is 2.56. The molecule has 20 heavy (non-hydrogen) atoms. The van der Waals surface area contributed by atoms with Crippen LogP contribution in [0.15, 0.2) is 23.3 Å². The van der Waals surface area contributed by atoms with Crippen LogP contribution < -0.4 is 5.32 Å². The summed E-state index contributed by atoms with van der Waals surface area (Å²) in [6, 6.07) is 0.128. The molecule has 0 aromatic heterocycles. The van der Waals surface area contributed by atoms with Crippen molar-refractivity contribution in [1.29, 1.82) is 0 Å². The van der Waals surface area contributed by atoms with Crippen molar-refractivity contribution in [2.75, 3.05) is 6.54 Å². The van der Waals surface area contributed by atoms with Crippen LogP contribution in [-0.4, -0.2) is 40.8 Å². The second-order valence-electron chi connectivity index (χ2n) is 6.63. The molecule has 5 atom stereocenters. The van der Waals surface area contributed by atoms with Crippen LogP contribution in [0.25, 0.3) is 0 Å². The first kappa shape index (κ1) is 12.7. The van der Waals surface area contributed by atoms with Crippen molar-refractivity contribution in [3.8, 4) is 0 Å². The Morgan fingerprint density at radius 3 is 3.05 bits per heavy atom. The van der Waals surface area contributed by atoms with Gasteiger partial charge < -0.3 is 15.5 Å². The molecule has 2 fully saturated rings. The van der Waals surface area contributed by atoms with Gasteiger partial charge in [0.15, 0.2) is 0 Å². The van der Waals surface area contributed by atoms with E-state index in [0.29, 0.717) is 19.3 Å². The molecule has 4 aliphatic rings. The Morgan fingerprint density at radius 2 is 2.20 bits per heavy atom. The van der Waals surface area contributed by atoms with Gasteiger partial charge in [0.2, 0.25) is 0 Å². The summed E-state index contributed by atoms with van der Waals surface area (Å²) in [7, 11) is 0. The number of carbonyl (C=O) groups excluding carboxylic acids is 1. The first-order valence-corrected chi connectivity index (χ1v) is 7.67. The molecule has 1 aliphatic heterocycles. The Morgan fingerprint density at radius 1 is 1.35 bits per heavy atom. The Kier molecular flexibility index (Phi) is 2.72. The molecule has 0 aromatic carbocycles. The summed E-state index contributed by atoms with van der Waals surface area (Å²) in [5, 5.41) is 24.2. The number of rotatable bonds is 0. The predicted octanol–water partition coefficient (Wildman–Crippen LogP) is 0.696. The summed E-state index contributed by atoms with van der Waals surface area (Å²) < 4.78 is 0. The zero-order valence-electron chi connectivity index (χ0n) is 11.5. The fourth-order valence-corrected chi connectivity index (χ4v) is 5.02. The number of Topliss-reactive ketones (excluding diaryl/α,β-unsaturated/α-hetero) is 1. The van der Waals surface area contributed by atoms with Gasteiger partial charge in [-0.3, -0.25) is 4.79 Å². The molecule has 2 bridgehead atoms. The highest BCUT2D eigenvalue weighted by Gasteiger charge is 2.60. The molecular formula is C16H21NO3. The molecule has 0 radical (unpaired) electrons. The van der Waals surface area contributed by atoms with Crippen LogP contribution in [0.4, 0.5) is 0 Å². The van der Waals surface area contributed by atoms with E-state index in [1.54, 1.807) is 0 Å². The first-order chi connectivity index (χ1) is 9.64. The minimum absolute atomic E-state index is 0.0220. The van der Waals surface area contributed by atoms with Gasteiger partial charge in [-0.2, -0.15) is 0 Å². The lowest BCUT2D eigenvalue weighted by Crippen LogP contribution is -2.64. The van der Waals surface area contributed by atoms with E-state index in [1.165, 1.54) is 0 Å². The molecule has 3 N–H and O–H groups in total. The lowest BCUT2D eigenvalue weighted by molar-refractivity contribution is -0.144. The van der Waals surface area contributed by atoms with Gasteiger partial charge in [-0.25, -0.2) is 0 Å². The van der Waals surface area contributed by atoms with E-state index in [-0.39, 0.29) is 17.7 Å². The van der Waals surface area contributed by atoms with Crippen LogP contribution in [0.2, 0.25) is 0 Å². The molecule has 1 heterocycles. The molecule has 3 aliphatic carbocycles. The van der Waals surface area contributed by atoms with Crippen molar-refractivity contribution in [2.24, 2.45) is 11.3 Å². The Hall–Kier alpha value is -0.970. The lowest BCUT2D eigenvalue weighted by atomic mass is 9.50. The van der Waals surface area contributed by atoms with Crippen LogP contribution >= 0.6 is 0 Å². The molecule has 1 saturated carbocycles. The monoisotopic (exact) mass is 275 g/mol. The average Bonchev–Trinajstić information content (AvgIpc) is 2.44. The molecule has 2 unspecified atom stereocenters. The summed E-state index contributed by atoms with van der Waals surface area (Å²) in [5.41, 5.74) is 1.52. The first-order valence-electron chi connectivity index (χ1n) is 7.67. The minimum atomic E-state index is -0.543. The van der Waals surface area contributed by atoms with E-state index < -0.39 is 17.6 Å². The zero-order valence-corrected chi connectivity index (χ0v) is 11.5. The molecule has 4 rings (SSSR count). The maximum atomic E-state index is 12.8. The number of hydrogen-bond acceptors (Lipinski definition) is 4. The van der Waals surface area contributed by atoms with Gasteiger partial charge in [0, 0.05) is 18.4 Å². The normalized spacial score (nSPS) is 47.0. The van der Waals surface area contributed by atoms with E-state index in [9.17, 15) is 15.0 Å². The Labute approximate surface area is 118 Å². The second kappa shape index (κ2) is 4.26. The Balaban J connectivity index is 1.93. The van der Waals surface area contributed by atoms with Crippen molar-refractivity contribution < 1.29 is 15.0 Å². The molecule has 0 amide bonds. The van der Waals surface area contributed by atoms with Crippen molar-refractivity contribution in [1.82, 2.24) is 5.32 Å². The summed E-state index contributed by atoms with van der Waals surface area (Å²) in [5.74, 6) is 0.247. The highest BCUT2D eigenvalue weighted by molar-refractivity contribution is 5.91. The van der Waals surface area contributed by atoms with Gasteiger partial charge in [0.05, 0.1) is 17.6 Å². The number of nitrogens with one attached hydrogen (secondary N) is 1. The summed E-state index contributed by atoms with van der Waals surface area (Å²) in [6.45, 7) is 0.820. The average molecular weight is 275 g/mol. The number of aliphatic hydroxyl groups excluding tert-OH is 2. The van der Waals surface area contributed by atoms with E-state index in [4.69, 9.17) is 0 Å². The standard InChI is InChI=1S/C16H21NO3/c18-12-3-1-2-10-9(12)8-11-15-13(19)4-5-14(20)16(10,15)6-7-17-11/h1-2,11-13,15,17-19H,3-8H2/t11-,12?,13?,15-,16+/m1/s1. The maximum absolute atomic E-state index is 12.8. The molecule has 108 valence electrons. The van der Waals surface area contributed by atoms with E-state index >= 15 is 0 Å². The van der Waals surface area contributed by atoms with Crippen LogP contribution in [0, 0.1) is 11.3 Å². The zero-order chi connectivity index (χ0) is 13.9. The minimum Gasteiger partial charge on any atom is -0.393 e. The van der Waals surface area contributed by atoms with Crippen LogP contribution in [-0.2, 0) is 4.79 Å². The molecule has 1 saturated heterocycles. The fraction of sp³-hybridized carbons (Fsp3) is 0.688. The van der Waals surface area contributed by atoms with Crippen molar-refractivity contribution in [2.45, 2.75) is 50.4 Å². The van der Waals surface area contributed by atoms with Gasteiger partial charge in [-0.1, -0.05) is 12.2 Å². The van der Waals surface area contributed by atoms with Gasteiger partial charge in [-0.05, 0) is 43.4 Å². The molecule has 4 heteroatoms. The molecule has 0 aromatic rings. The third-order valence-electron chi connectivity index (χ3n) is 5.82. The van der Waals surface area contributed by atoms with Gasteiger partial charge >= 0.3 is 0 Å². The number of aliphatic hydroxyl groups is 2. The smallest absolute Gasteiger partial charge is 0.143 e. The van der Waals surface area contributed by atoms with Crippen LogP contribution in [0.5, 0.6) is 0 Å². The quantitative estimate of drug-likeness (QED) is 0.608. The van der Waals surface area contributed by atoms with Crippen molar-refractivity contribution in [3.05, 3.63) is 23.3 Å². The van der Waals surface area contributed by atoms with E-state index in [1.807, 2.05) is 12.2 Å². The highest BCUT2D eigenvalue weighted by atomic mass is 16.3. The largest absolute Gasteiger partial charge is 0.393 e. The van der Waals surface area contributed by atoms with Crippen LogP contribution in [0.1, 0.15) is 32.1 Å². The topological polar surface area (TPSA) is 69.6 Å². The SMILES string of the molecule is O=C1CCC(O)[C@H]2[C@H]3CC4=C(C=CCC4O)[C@@]12CCN3. The lowest BCUT2D eigenvalue weighted by Gasteiger charge is -2.57. The van der Waals surface area contributed by atoms with Gasteiger partial charge in [0.1, 0.15) is 5.78 Å². The molecular weight excluding hydrogens is 254 g/mol. The maximum Gasteiger partial charge on any atom is 0.143 e. The van der Waals surface area contributed by atoms with E-state index in [0.717, 1.165) is 30.5 Å². The number of hydrogen-bond donors (Lipinski definition) is 3. The summed E-state index contributed by atoms with van der Waals surface area (Å²) in [4.78, 5) is 12.8. The number of piperidine rings is 1. The van der Waals surface area contributed by atoms with Gasteiger partial charge in [0.25, 0.3) is 0 Å². The third-order valence-corrected chi connectivity index (χ3v) is 5.82. The summed E-state index contributed by atoms with van der Waals surface area (Å²) in [6.07, 6.45) is 6.36. The number of allylic oxidation sites excluding steroid dienone is 2. The van der Waals surface area contributed by atoms with E-state index in [2.05, 4.69) is 5.32 Å². The third kappa shape index (κ3) is 1.45. The fourth-order valence-electron chi connectivity index (χ4n) is 5.02. The Bertz CT molecular complexity index is 524. The van der Waals surface area contributed by atoms with Gasteiger partial charge in [-0.15, -0.1) is 0 Å². The predicted molar refractivity (Wildman–Crippen MR) is 74.0 cm³/mol. The second-order valence-corrected chi connectivity index (χ2v) is 6.63. The van der Waals surface area contributed by atoms with Crippen LogP contribution in [0.3, 0.4) is 0 Å². The van der Waals surface area contributed by atoms with Crippen molar-refractivity contribution in [3.63, 3.8) is 0 Å². The molecule has 0 spiro atoms. The van der Waals surface area contributed by atoms with Crippen molar-refractivity contribution >= 4 is 5.78 Å².